The molecule has 5 nitrogen and oxygen atoms in total. The molecule has 0 spiro atoms. The summed E-state index contributed by atoms with van der Waals surface area (Å²) < 4.78 is 5.02. The summed E-state index contributed by atoms with van der Waals surface area (Å²) in [5.74, 6) is -2.15. The fraction of sp³-hybridized carbons (Fsp3) is 0.579. The van der Waals surface area contributed by atoms with Crippen LogP contribution in [-0.2, 0) is 15.1 Å². The molecule has 24 heavy (non-hydrogen) atoms. The number of Topliss-reactive ketones (excluding diaryl/α,β-unsaturated/α-hetero) is 1. The van der Waals surface area contributed by atoms with Gasteiger partial charge in [0.15, 0.2) is 5.78 Å². The van der Waals surface area contributed by atoms with Crippen molar-refractivity contribution in [2.45, 2.75) is 51.7 Å². The van der Waals surface area contributed by atoms with Gasteiger partial charge in [-0.15, -0.1) is 0 Å². The molecule has 3 atom stereocenters. The summed E-state index contributed by atoms with van der Waals surface area (Å²) in [6.07, 6.45) is 0.752. The molecule has 0 bridgehead atoms. The Kier molecular flexibility index (Phi) is 5.16. The Morgan fingerprint density at radius 1 is 1.29 bits per heavy atom. The molecule has 1 aromatic rings. The van der Waals surface area contributed by atoms with E-state index in [4.69, 9.17) is 4.74 Å². The first-order valence-corrected chi connectivity index (χ1v) is 8.45. The molecule has 1 aliphatic rings. The third-order valence-corrected chi connectivity index (χ3v) is 4.96. The van der Waals surface area contributed by atoms with E-state index in [9.17, 15) is 19.8 Å². The number of ether oxygens (including phenoxy) is 1. The standard InChI is InChI=1S/C19H26O5/c1-5-24-17(21)19(23)13(4)16(20)14-8-6-7-9-15(14)18(19,22)11-10-12(2)3/h6-9,12-13,22-23H,5,10-11H2,1-4H3/t13-,18+,19-/m0/s1. The molecule has 0 unspecified atom stereocenters. The highest BCUT2D eigenvalue weighted by molar-refractivity contribution is 6.05. The molecule has 1 aromatic carbocycles. The second-order valence-electron chi connectivity index (χ2n) is 6.91. The van der Waals surface area contributed by atoms with Crippen molar-refractivity contribution in [1.82, 2.24) is 0 Å². The van der Waals surface area contributed by atoms with Gasteiger partial charge in [-0.1, -0.05) is 45.0 Å². The van der Waals surface area contributed by atoms with Crippen LogP contribution in [0, 0.1) is 11.8 Å². The van der Waals surface area contributed by atoms with E-state index in [1.54, 1.807) is 31.2 Å². The van der Waals surface area contributed by atoms with Gasteiger partial charge in [0.1, 0.15) is 5.60 Å². The smallest absolute Gasteiger partial charge is 0.342 e. The van der Waals surface area contributed by atoms with Crippen LogP contribution >= 0.6 is 0 Å². The van der Waals surface area contributed by atoms with Crippen LogP contribution in [0.2, 0.25) is 0 Å². The zero-order valence-electron chi connectivity index (χ0n) is 14.7. The highest BCUT2D eigenvalue weighted by Gasteiger charge is 2.65. The largest absolute Gasteiger partial charge is 0.464 e. The molecule has 0 aliphatic heterocycles. The summed E-state index contributed by atoms with van der Waals surface area (Å²) in [4.78, 5) is 25.2. The first-order valence-electron chi connectivity index (χ1n) is 8.45. The zero-order chi connectivity index (χ0) is 18.1. The predicted molar refractivity (Wildman–Crippen MR) is 89.5 cm³/mol. The summed E-state index contributed by atoms with van der Waals surface area (Å²) in [6, 6.07) is 6.62. The highest BCUT2D eigenvalue weighted by Crippen LogP contribution is 2.49. The normalized spacial score (nSPS) is 29.5. The summed E-state index contributed by atoms with van der Waals surface area (Å²) in [7, 11) is 0. The highest BCUT2D eigenvalue weighted by atomic mass is 16.6. The number of aliphatic hydroxyl groups is 2. The lowest BCUT2D eigenvalue weighted by Gasteiger charge is -2.48. The van der Waals surface area contributed by atoms with Gasteiger partial charge in [-0.25, -0.2) is 4.79 Å². The van der Waals surface area contributed by atoms with Gasteiger partial charge in [-0.3, -0.25) is 4.79 Å². The Hall–Kier alpha value is -1.72. The van der Waals surface area contributed by atoms with E-state index >= 15 is 0 Å². The average molecular weight is 334 g/mol. The monoisotopic (exact) mass is 334 g/mol. The third-order valence-electron chi connectivity index (χ3n) is 4.96. The van der Waals surface area contributed by atoms with Gasteiger partial charge in [0.05, 0.1) is 12.5 Å². The van der Waals surface area contributed by atoms with Crippen LogP contribution in [0.4, 0.5) is 0 Å². The van der Waals surface area contributed by atoms with Gasteiger partial charge in [0.2, 0.25) is 5.60 Å². The molecule has 2 rings (SSSR count). The molecule has 0 saturated carbocycles. The molecule has 1 aliphatic carbocycles. The van der Waals surface area contributed by atoms with Gasteiger partial charge in [-0.2, -0.15) is 0 Å². The minimum absolute atomic E-state index is 0.0595. The SMILES string of the molecule is CCOC(=O)[C@@]1(O)[C@@H](C)C(=O)c2ccccc2[C@]1(O)CCC(C)C. The molecule has 0 radical (unpaired) electrons. The van der Waals surface area contributed by atoms with Crippen LogP contribution in [0.1, 0.15) is 56.5 Å². The van der Waals surface area contributed by atoms with Gasteiger partial charge in [0, 0.05) is 5.56 Å². The van der Waals surface area contributed by atoms with E-state index in [0.717, 1.165) is 0 Å². The number of hydrogen-bond acceptors (Lipinski definition) is 5. The molecule has 0 amide bonds. The zero-order valence-corrected chi connectivity index (χ0v) is 14.7. The van der Waals surface area contributed by atoms with E-state index in [0.29, 0.717) is 17.5 Å². The second kappa shape index (κ2) is 6.65. The van der Waals surface area contributed by atoms with Crippen LogP contribution in [0.25, 0.3) is 0 Å². The van der Waals surface area contributed by atoms with Gasteiger partial charge in [0.25, 0.3) is 0 Å². The minimum Gasteiger partial charge on any atom is -0.464 e. The molecule has 0 heterocycles. The molecule has 5 heteroatoms. The first kappa shape index (κ1) is 18.6. The number of rotatable bonds is 5. The number of esters is 1. The number of carbonyl (C=O) groups excluding carboxylic acids is 2. The number of fused-ring (bicyclic) bond motifs is 1. The van der Waals surface area contributed by atoms with E-state index in [-0.39, 0.29) is 24.7 Å². The van der Waals surface area contributed by atoms with Crippen LogP contribution in [-0.4, -0.2) is 34.2 Å². The van der Waals surface area contributed by atoms with Crippen molar-refractivity contribution >= 4 is 11.8 Å². The number of ketones is 1. The molecule has 132 valence electrons. The Morgan fingerprint density at radius 2 is 1.92 bits per heavy atom. The van der Waals surface area contributed by atoms with Crippen molar-refractivity contribution < 1.29 is 24.5 Å². The van der Waals surface area contributed by atoms with Crippen molar-refractivity contribution in [3.63, 3.8) is 0 Å². The Bertz CT molecular complexity index is 638. The maximum absolute atomic E-state index is 12.7. The number of carbonyl (C=O) groups is 2. The maximum atomic E-state index is 12.7. The predicted octanol–water partition coefficient (Wildman–Crippen LogP) is 2.44. The van der Waals surface area contributed by atoms with Gasteiger partial charge < -0.3 is 14.9 Å². The van der Waals surface area contributed by atoms with Crippen LogP contribution < -0.4 is 0 Å². The average Bonchev–Trinajstić information content (AvgIpc) is 2.56. The second-order valence-corrected chi connectivity index (χ2v) is 6.91. The number of hydrogen-bond donors (Lipinski definition) is 2. The van der Waals surface area contributed by atoms with E-state index in [1.165, 1.54) is 6.92 Å². The van der Waals surface area contributed by atoms with E-state index < -0.39 is 23.1 Å². The fourth-order valence-electron chi connectivity index (χ4n) is 3.45. The van der Waals surface area contributed by atoms with Crippen LogP contribution in [0.15, 0.2) is 24.3 Å². The molecule has 0 fully saturated rings. The maximum Gasteiger partial charge on any atom is 0.342 e. The lowest BCUT2D eigenvalue weighted by molar-refractivity contribution is -0.215. The Morgan fingerprint density at radius 3 is 2.50 bits per heavy atom. The molecule has 0 saturated heterocycles. The molecular weight excluding hydrogens is 308 g/mol. The van der Waals surface area contributed by atoms with Crippen LogP contribution in [0.5, 0.6) is 0 Å². The summed E-state index contributed by atoms with van der Waals surface area (Å²) >= 11 is 0. The summed E-state index contributed by atoms with van der Waals surface area (Å²) in [5, 5.41) is 22.7. The summed E-state index contributed by atoms with van der Waals surface area (Å²) in [5.41, 5.74) is -3.52. The first-order chi connectivity index (χ1) is 11.2. The molecular formula is C19H26O5. The molecule has 0 aromatic heterocycles. The van der Waals surface area contributed by atoms with Crippen molar-refractivity contribution in [1.29, 1.82) is 0 Å². The lowest BCUT2D eigenvalue weighted by atomic mass is 9.61. The Labute approximate surface area is 142 Å². The quantitative estimate of drug-likeness (QED) is 0.808. The van der Waals surface area contributed by atoms with E-state index in [1.807, 2.05) is 13.8 Å². The van der Waals surface area contributed by atoms with Crippen molar-refractivity contribution in [3.8, 4) is 0 Å². The lowest BCUT2D eigenvalue weighted by Crippen LogP contribution is -2.66. The van der Waals surface area contributed by atoms with Gasteiger partial charge >= 0.3 is 5.97 Å². The topological polar surface area (TPSA) is 83.8 Å². The fourth-order valence-corrected chi connectivity index (χ4v) is 3.45. The van der Waals surface area contributed by atoms with Gasteiger partial charge in [-0.05, 0) is 31.2 Å². The molecule has 2 N–H and O–H groups in total. The Balaban J connectivity index is 2.67. The third kappa shape index (κ3) is 2.66. The van der Waals surface area contributed by atoms with E-state index in [2.05, 4.69) is 0 Å². The van der Waals surface area contributed by atoms with Crippen molar-refractivity contribution in [2.24, 2.45) is 11.8 Å². The minimum atomic E-state index is -2.30. The summed E-state index contributed by atoms with van der Waals surface area (Å²) in [6.45, 7) is 7.14. The van der Waals surface area contributed by atoms with Crippen LogP contribution in [0.3, 0.4) is 0 Å². The van der Waals surface area contributed by atoms with Crippen molar-refractivity contribution in [2.75, 3.05) is 6.61 Å². The van der Waals surface area contributed by atoms with Crippen molar-refractivity contribution in [3.05, 3.63) is 35.4 Å². The number of benzene rings is 1.